The molecule has 0 fully saturated rings. The summed E-state index contributed by atoms with van der Waals surface area (Å²) in [5.41, 5.74) is 8.95. The van der Waals surface area contributed by atoms with Gasteiger partial charge >= 0.3 is 0 Å². The largest absolute Gasteiger partial charge is 0.496 e. The van der Waals surface area contributed by atoms with Crippen LogP contribution in [0.4, 0.5) is 0 Å². The second-order valence-corrected chi connectivity index (χ2v) is 11.3. The molecule has 7 rings (SSSR count). The number of nitrogens with one attached hydrogen (secondary N) is 1. The van der Waals surface area contributed by atoms with E-state index in [0.29, 0.717) is 22.4 Å². The second kappa shape index (κ2) is 12.1. The van der Waals surface area contributed by atoms with Crippen LogP contribution in [0.2, 0.25) is 0 Å². The van der Waals surface area contributed by atoms with Crippen LogP contribution >= 0.6 is 11.8 Å². The standard InChI is InChI=1S/C37H27N3O3S/c1-42-32-21-20-26-12-8-9-15-29(26)35(32)31-22-30(27-13-6-3-7-14-27)38-37(39-31)44-34-23-33(43-40-36(34)41)28-18-16-25(17-19-28)24-10-4-2-5-11-24/h2-23,34H,1H3,(H,40,41). The van der Waals surface area contributed by atoms with E-state index in [1.165, 1.54) is 11.8 Å². The molecule has 1 aliphatic heterocycles. The third-order valence-corrected chi connectivity index (χ3v) is 8.47. The molecule has 0 spiro atoms. The Hall–Kier alpha value is -5.40. The molecule has 1 unspecified atom stereocenters. The fourth-order valence-electron chi connectivity index (χ4n) is 5.27. The fraction of sp³-hybridized carbons (Fsp3) is 0.0541. The van der Waals surface area contributed by atoms with Gasteiger partial charge in [0, 0.05) is 11.1 Å². The number of ether oxygens (including phenoxy) is 1. The first-order chi connectivity index (χ1) is 21.7. The SMILES string of the molecule is COc1ccc2ccccc2c1-c1cc(-c2ccccc2)nc(SC2C=C(c3ccc(-c4ccccc4)cc3)ONC2=O)n1. The molecule has 0 saturated heterocycles. The summed E-state index contributed by atoms with van der Waals surface area (Å²) in [7, 11) is 1.66. The third kappa shape index (κ3) is 5.53. The highest BCUT2D eigenvalue weighted by molar-refractivity contribution is 8.00. The monoisotopic (exact) mass is 593 g/mol. The van der Waals surface area contributed by atoms with Gasteiger partial charge in [-0.05, 0) is 40.1 Å². The molecule has 1 aromatic heterocycles. The van der Waals surface area contributed by atoms with Crippen molar-refractivity contribution in [1.82, 2.24) is 15.4 Å². The molecule has 0 bridgehead atoms. The number of hydroxylamine groups is 1. The van der Waals surface area contributed by atoms with Crippen molar-refractivity contribution in [3.63, 3.8) is 0 Å². The highest BCUT2D eigenvalue weighted by atomic mass is 32.2. The normalized spacial score (nSPS) is 14.4. The number of fused-ring (bicyclic) bond motifs is 1. The average Bonchev–Trinajstić information content (AvgIpc) is 3.09. The maximum atomic E-state index is 13.0. The van der Waals surface area contributed by atoms with E-state index in [1.807, 2.05) is 109 Å². The van der Waals surface area contributed by atoms with E-state index in [4.69, 9.17) is 19.5 Å². The molecule has 1 atom stereocenters. The lowest BCUT2D eigenvalue weighted by atomic mass is 9.99. The van der Waals surface area contributed by atoms with Crippen LogP contribution in [0.5, 0.6) is 5.75 Å². The number of aromatic nitrogens is 2. The van der Waals surface area contributed by atoms with Crippen molar-refractivity contribution in [2.75, 3.05) is 7.11 Å². The Morgan fingerprint density at radius 2 is 1.34 bits per heavy atom. The number of benzene rings is 5. The van der Waals surface area contributed by atoms with Crippen LogP contribution in [0.3, 0.4) is 0 Å². The number of amides is 1. The molecule has 5 aromatic carbocycles. The Kier molecular flexibility index (Phi) is 7.53. The number of nitrogens with zero attached hydrogens (tertiary/aromatic N) is 2. The van der Waals surface area contributed by atoms with Gasteiger partial charge in [0.05, 0.1) is 24.1 Å². The Balaban J connectivity index is 1.27. The molecule has 6 aromatic rings. The number of methoxy groups -OCH3 is 1. The summed E-state index contributed by atoms with van der Waals surface area (Å²) in [4.78, 5) is 28.5. The molecule has 44 heavy (non-hydrogen) atoms. The molecule has 6 nitrogen and oxygen atoms in total. The molecular formula is C37H27N3O3S. The molecule has 0 aliphatic carbocycles. The van der Waals surface area contributed by atoms with Gasteiger partial charge in [0.2, 0.25) is 0 Å². The van der Waals surface area contributed by atoms with Crippen molar-refractivity contribution in [2.45, 2.75) is 10.4 Å². The van der Waals surface area contributed by atoms with Crippen LogP contribution in [-0.4, -0.2) is 28.2 Å². The maximum Gasteiger partial charge on any atom is 0.270 e. The van der Waals surface area contributed by atoms with Crippen LogP contribution in [-0.2, 0) is 9.63 Å². The Morgan fingerprint density at radius 1 is 0.705 bits per heavy atom. The first-order valence-electron chi connectivity index (χ1n) is 14.2. The summed E-state index contributed by atoms with van der Waals surface area (Å²) in [6.45, 7) is 0. The molecule has 0 saturated carbocycles. The minimum atomic E-state index is -0.610. The minimum absolute atomic E-state index is 0.280. The van der Waals surface area contributed by atoms with E-state index in [2.05, 4.69) is 29.7 Å². The van der Waals surface area contributed by atoms with Crippen LogP contribution < -0.4 is 10.2 Å². The fourth-order valence-corrected chi connectivity index (χ4v) is 6.15. The predicted molar refractivity (Wildman–Crippen MR) is 176 cm³/mol. The molecule has 2 heterocycles. The summed E-state index contributed by atoms with van der Waals surface area (Å²) in [5, 5.41) is 1.95. The van der Waals surface area contributed by atoms with Crippen molar-refractivity contribution >= 4 is 34.2 Å². The van der Waals surface area contributed by atoms with Crippen molar-refractivity contribution in [1.29, 1.82) is 0 Å². The number of hydrogen-bond acceptors (Lipinski definition) is 6. The zero-order chi connectivity index (χ0) is 29.9. The molecule has 1 N–H and O–H groups in total. The second-order valence-electron chi connectivity index (χ2n) is 10.2. The van der Waals surface area contributed by atoms with Crippen LogP contribution in [0, 0.1) is 0 Å². The summed E-state index contributed by atoms with van der Waals surface area (Å²) < 4.78 is 5.80. The average molecular weight is 594 g/mol. The maximum absolute atomic E-state index is 13.0. The minimum Gasteiger partial charge on any atom is -0.496 e. The molecule has 1 aliphatic rings. The first-order valence-corrected chi connectivity index (χ1v) is 15.1. The summed E-state index contributed by atoms with van der Waals surface area (Å²) in [5.74, 6) is 0.997. The molecule has 7 heteroatoms. The summed E-state index contributed by atoms with van der Waals surface area (Å²) >= 11 is 1.28. The molecule has 0 radical (unpaired) electrons. The van der Waals surface area contributed by atoms with Crippen molar-refractivity contribution in [3.8, 4) is 39.4 Å². The van der Waals surface area contributed by atoms with Crippen LogP contribution in [0.1, 0.15) is 5.56 Å². The first kappa shape index (κ1) is 27.4. The Bertz CT molecular complexity index is 2000. The topological polar surface area (TPSA) is 73.3 Å². The van der Waals surface area contributed by atoms with Gasteiger partial charge in [0.15, 0.2) is 10.9 Å². The smallest absolute Gasteiger partial charge is 0.270 e. The zero-order valence-corrected chi connectivity index (χ0v) is 24.6. The summed E-state index contributed by atoms with van der Waals surface area (Å²) in [6.07, 6.45) is 1.82. The van der Waals surface area contributed by atoms with Gasteiger partial charge in [-0.2, -0.15) is 5.48 Å². The van der Waals surface area contributed by atoms with Gasteiger partial charge in [-0.1, -0.05) is 127 Å². The van der Waals surface area contributed by atoms with Crippen molar-refractivity contribution in [3.05, 3.63) is 139 Å². The number of rotatable bonds is 7. The van der Waals surface area contributed by atoms with E-state index < -0.39 is 5.25 Å². The lowest BCUT2D eigenvalue weighted by Gasteiger charge is -2.21. The predicted octanol–water partition coefficient (Wildman–Crippen LogP) is 8.20. The van der Waals surface area contributed by atoms with E-state index in [0.717, 1.165) is 44.3 Å². The van der Waals surface area contributed by atoms with Gasteiger partial charge in [-0.3, -0.25) is 4.79 Å². The number of thioether (sulfide) groups is 1. The van der Waals surface area contributed by atoms with Gasteiger partial charge in [0.1, 0.15) is 11.0 Å². The molecule has 1 amide bonds. The molecule has 214 valence electrons. The summed E-state index contributed by atoms with van der Waals surface area (Å²) in [6, 6.07) is 42.3. The highest BCUT2D eigenvalue weighted by Crippen LogP contribution is 2.39. The van der Waals surface area contributed by atoms with Gasteiger partial charge in [0.25, 0.3) is 5.91 Å². The molecular weight excluding hydrogens is 566 g/mol. The van der Waals surface area contributed by atoms with Crippen LogP contribution in [0.15, 0.2) is 139 Å². The Labute approximate surface area is 259 Å². The number of carbonyl (C=O) groups is 1. The van der Waals surface area contributed by atoms with Crippen molar-refractivity contribution < 1.29 is 14.4 Å². The third-order valence-electron chi connectivity index (χ3n) is 7.47. The Morgan fingerprint density at radius 3 is 2.09 bits per heavy atom. The van der Waals surface area contributed by atoms with E-state index in [1.54, 1.807) is 7.11 Å². The van der Waals surface area contributed by atoms with E-state index in [9.17, 15) is 4.79 Å². The van der Waals surface area contributed by atoms with Crippen molar-refractivity contribution in [2.24, 2.45) is 0 Å². The number of carbonyl (C=O) groups excluding carboxylic acids is 1. The van der Waals surface area contributed by atoms with E-state index >= 15 is 0 Å². The van der Waals surface area contributed by atoms with Gasteiger partial charge in [-0.25, -0.2) is 9.97 Å². The van der Waals surface area contributed by atoms with E-state index in [-0.39, 0.29) is 5.91 Å². The lowest BCUT2D eigenvalue weighted by Crippen LogP contribution is -2.35. The quantitative estimate of drug-likeness (QED) is 0.188. The van der Waals surface area contributed by atoms with Gasteiger partial charge in [-0.15, -0.1) is 0 Å². The lowest BCUT2D eigenvalue weighted by molar-refractivity contribution is -0.128. The van der Waals surface area contributed by atoms with Crippen LogP contribution in [0.25, 0.3) is 50.2 Å². The van der Waals surface area contributed by atoms with Gasteiger partial charge < -0.3 is 9.57 Å². The number of hydrogen-bond donors (Lipinski definition) is 1. The highest BCUT2D eigenvalue weighted by Gasteiger charge is 2.27. The zero-order valence-electron chi connectivity index (χ0n) is 23.8.